The number of aliphatic hydroxyl groups excluding tert-OH is 1. The predicted octanol–water partition coefficient (Wildman–Crippen LogP) is 3.34. The summed E-state index contributed by atoms with van der Waals surface area (Å²) in [5, 5.41) is 11.5. The van der Waals surface area contributed by atoms with Crippen molar-refractivity contribution in [3.05, 3.63) is 66.4 Å². The van der Waals surface area contributed by atoms with Crippen molar-refractivity contribution in [1.29, 1.82) is 0 Å². The molecule has 2 saturated heterocycles. The number of rotatable bonds is 7. The summed E-state index contributed by atoms with van der Waals surface area (Å²) >= 11 is 0. The van der Waals surface area contributed by atoms with Gasteiger partial charge in [-0.3, -0.25) is 9.78 Å². The van der Waals surface area contributed by atoms with Gasteiger partial charge in [-0.2, -0.15) is 0 Å². The molecule has 3 aromatic rings. The van der Waals surface area contributed by atoms with Crippen LogP contribution in [0.5, 0.6) is 5.75 Å². The van der Waals surface area contributed by atoms with E-state index in [9.17, 15) is 9.90 Å². The van der Waals surface area contributed by atoms with Gasteiger partial charge in [0.2, 0.25) is 5.91 Å². The largest absolute Gasteiger partial charge is 0.490 e. The van der Waals surface area contributed by atoms with E-state index in [0.717, 1.165) is 68.8 Å². The molecule has 7 heteroatoms. The highest BCUT2D eigenvalue weighted by Gasteiger charge is 2.31. The van der Waals surface area contributed by atoms with Crippen molar-refractivity contribution in [2.45, 2.75) is 25.9 Å². The fourth-order valence-corrected chi connectivity index (χ4v) is 5.44. The highest BCUT2D eigenvalue weighted by molar-refractivity contribution is 5.84. The number of piperidine rings is 1. The van der Waals surface area contributed by atoms with Crippen molar-refractivity contribution in [3.63, 3.8) is 0 Å². The first-order chi connectivity index (χ1) is 17.6. The second kappa shape index (κ2) is 11.3. The monoisotopic (exact) mass is 488 g/mol. The van der Waals surface area contributed by atoms with Crippen LogP contribution < -0.4 is 9.64 Å². The summed E-state index contributed by atoms with van der Waals surface area (Å²) < 4.78 is 5.93. The minimum Gasteiger partial charge on any atom is -0.490 e. The summed E-state index contributed by atoms with van der Waals surface area (Å²) in [6.07, 6.45) is 2.87. The number of hydrogen-bond acceptors (Lipinski definition) is 6. The molecule has 0 bridgehead atoms. The third kappa shape index (κ3) is 5.63. The highest BCUT2D eigenvalue weighted by atomic mass is 16.5. The van der Waals surface area contributed by atoms with E-state index in [4.69, 9.17) is 4.74 Å². The van der Waals surface area contributed by atoms with Crippen molar-refractivity contribution in [3.8, 4) is 5.75 Å². The summed E-state index contributed by atoms with van der Waals surface area (Å²) in [4.78, 5) is 24.2. The SMILES string of the molecule is Cc1ccccc1N1CCN(C(=O)C2CCN(C[C@@H](O)COc3cccc4ncccc34)CC2)CC1. The minimum absolute atomic E-state index is 0.0860. The number of hydrogen-bond donors (Lipinski definition) is 1. The Kier molecular flexibility index (Phi) is 7.68. The Morgan fingerprint density at radius 3 is 2.56 bits per heavy atom. The molecular weight excluding hydrogens is 452 g/mol. The number of benzene rings is 2. The number of carbonyl (C=O) groups excluding carboxylic acids is 1. The van der Waals surface area contributed by atoms with Gasteiger partial charge in [0, 0.05) is 55.9 Å². The number of anilines is 1. The molecule has 2 aromatic carbocycles. The molecule has 0 radical (unpaired) electrons. The predicted molar refractivity (Wildman–Crippen MR) is 142 cm³/mol. The van der Waals surface area contributed by atoms with Crippen molar-refractivity contribution in [2.75, 3.05) is 57.3 Å². The maximum atomic E-state index is 13.2. The molecule has 7 nitrogen and oxygen atoms in total. The number of para-hydroxylation sites is 1. The van der Waals surface area contributed by atoms with Crippen LogP contribution in [0.1, 0.15) is 18.4 Å². The molecule has 2 aliphatic rings. The van der Waals surface area contributed by atoms with E-state index in [-0.39, 0.29) is 12.5 Å². The molecule has 1 aromatic heterocycles. The maximum absolute atomic E-state index is 13.2. The Bertz CT molecular complexity index is 1160. The van der Waals surface area contributed by atoms with E-state index >= 15 is 0 Å². The first-order valence-electron chi connectivity index (χ1n) is 13.0. The number of amides is 1. The number of β-amino-alcohol motifs (C(OH)–C–C–N with tert-alkyl or cyclic N) is 1. The fourth-order valence-electron chi connectivity index (χ4n) is 5.44. The number of aromatic nitrogens is 1. The molecular formula is C29H36N4O3. The van der Waals surface area contributed by atoms with Crippen molar-refractivity contribution >= 4 is 22.5 Å². The van der Waals surface area contributed by atoms with E-state index in [1.165, 1.54) is 11.3 Å². The van der Waals surface area contributed by atoms with Crippen LogP contribution in [-0.4, -0.2) is 84.3 Å². The second-order valence-corrected chi connectivity index (χ2v) is 9.96. The quantitative estimate of drug-likeness (QED) is 0.550. The van der Waals surface area contributed by atoms with Gasteiger partial charge in [0.1, 0.15) is 18.5 Å². The molecule has 2 aliphatic heterocycles. The number of nitrogens with zero attached hydrogens (tertiary/aromatic N) is 4. The Morgan fingerprint density at radius 1 is 1.00 bits per heavy atom. The lowest BCUT2D eigenvalue weighted by Crippen LogP contribution is -2.52. The van der Waals surface area contributed by atoms with Gasteiger partial charge in [0.15, 0.2) is 0 Å². The zero-order chi connectivity index (χ0) is 24.9. The summed E-state index contributed by atoms with van der Waals surface area (Å²) in [6, 6.07) is 18.1. The molecule has 0 unspecified atom stereocenters. The van der Waals surface area contributed by atoms with Gasteiger partial charge in [-0.05, 0) is 68.8 Å². The summed E-state index contributed by atoms with van der Waals surface area (Å²) in [6.45, 7) is 7.93. The van der Waals surface area contributed by atoms with Crippen LogP contribution in [0.15, 0.2) is 60.8 Å². The minimum atomic E-state index is -0.585. The zero-order valence-corrected chi connectivity index (χ0v) is 21.1. The second-order valence-electron chi connectivity index (χ2n) is 9.96. The average molecular weight is 489 g/mol. The number of carbonyl (C=O) groups is 1. The third-order valence-corrected chi connectivity index (χ3v) is 7.49. The normalized spacial score (nSPS) is 18.4. The van der Waals surface area contributed by atoms with E-state index in [1.54, 1.807) is 6.20 Å². The maximum Gasteiger partial charge on any atom is 0.225 e. The zero-order valence-electron chi connectivity index (χ0n) is 21.1. The molecule has 1 atom stereocenters. The number of pyridine rings is 1. The van der Waals surface area contributed by atoms with Gasteiger partial charge < -0.3 is 24.5 Å². The van der Waals surface area contributed by atoms with Crippen molar-refractivity contribution in [1.82, 2.24) is 14.8 Å². The number of fused-ring (bicyclic) bond motifs is 1. The van der Waals surface area contributed by atoms with Gasteiger partial charge in [-0.15, -0.1) is 0 Å². The number of piperazine rings is 1. The summed E-state index contributed by atoms with van der Waals surface area (Å²) in [5.41, 5.74) is 3.44. The first-order valence-corrected chi connectivity index (χ1v) is 13.0. The average Bonchev–Trinajstić information content (AvgIpc) is 2.92. The lowest BCUT2D eigenvalue weighted by atomic mass is 9.94. The molecule has 190 valence electrons. The van der Waals surface area contributed by atoms with Crippen LogP contribution >= 0.6 is 0 Å². The van der Waals surface area contributed by atoms with E-state index in [2.05, 4.69) is 50.9 Å². The Labute approximate surface area is 213 Å². The van der Waals surface area contributed by atoms with Crippen molar-refractivity contribution < 1.29 is 14.6 Å². The number of ether oxygens (including phenoxy) is 1. The van der Waals surface area contributed by atoms with Gasteiger partial charge in [0.05, 0.1) is 5.52 Å². The van der Waals surface area contributed by atoms with Crippen molar-refractivity contribution in [2.24, 2.45) is 5.92 Å². The van der Waals surface area contributed by atoms with Gasteiger partial charge in [-0.1, -0.05) is 24.3 Å². The van der Waals surface area contributed by atoms with Crippen LogP contribution in [0.2, 0.25) is 0 Å². The third-order valence-electron chi connectivity index (χ3n) is 7.49. The lowest BCUT2D eigenvalue weighted by Gasteiger charge is -2.40. The first kappa shape index (κ1) is 24.5. The molecule has 1 N–H and O–H groups in total. The van der Waals surface area contributed by atoms with Crippen LogP contribution in [0.3, 0.4) is 0 Å². The fraction of sp³-hybridized carbons (Fsp3) is 0.448. The molecule has 2 fully saturated rings. The van der Waals surface area contributed by atoms with Crippen LogP contribution in [-0.2, 0) is 4.79 Å². The highest BCUT2D eigenvalue weighted by Crippen LogP contribution is 2.25. The summed E-state index contributed by atoms with van der Waals surface area (Å²) in [5.74, 6) is 1.13. The molecule has 5 rings (SSSR count). The van der Waals surface area contributed by atoms with E-state index in [0.29, 0.717) is 12.5 Å². The number of aliphatic hydroxyl groups is 1. The lowest BCUT2D eigenvalue weighted by molar-refractivity contribution is -0.137. The number of aryl methyl sites for hydroxylation is 1. The smallest absolute Gasteiger partial charge is 0.225 e. The number of likely N-dealkylation sites (tertiary alicyclic amines) is 1. The summed E-state index contributed by atoms with van der Waals surface area (Å²) in [7, 11) is 0. The van der Waals surface area contributed by atoms with Crippen LogP contribution in [0.4, 0.5) is 5.69 Å². The molecule has 3 heterocycles. The topological polar surface area (TPSA) is 69.1 Å². The molecule has 0 spiro atoms. The Morgan fingerprint density at radius 2 is 1.78 bits per heavy atom. The van der Waals surface area contributed by atoms with Gasteiger partial charge in [0.25, 0.3) is 0 Å². The molecule has 0 aliphatic carbocycles. The van der Waals surface area contributed by atoms with Crippen LogP contribution in [0.25, 0.3) is 10.9 Å². The molecule has 1 amide bonds. The van der Waals surface area contributed by atoms with Gasteiger partial charge in [-0.25, -0.2) is 0 Å². The molecule has 0 saturated carbocycles. The van der Waals surface area contributed by atoms with Gasteiger partial charge >= 0.3 is 0 Å². The standard InChI is InChI=1S/C29H36N4O3/c1-22-6-2-3-9-27(22)32-16-18-33(19-17-32)29(35)23-11-14-31(15-12-23)20-24(34)21-36-28-10-4-8-26-25(28)7-5-13-30-26/h2-10,13,23-24,34H,11-12,14-21H2,1H3/t24-/m1/s1. The Balaban J connectivity index is 1.05. The Hall–Kier alpha value is -3.16. The van der Waals surface area contributed by atoms with Crippen LogP contribution in [0, 0.1) is 12.8 Å². The molecule has 36 heavy (non-hydrogen) atoms. The van der Waals surface area contributed by atoms with E-state index < -0.39 is 6.10 Å². The van der Waals surface area contributed by atoms with E-state index in [1.807, 2.05) is 30.3 Å².